The highest BCUT2D eigenvalue weighted by molar-refractivity contribution is 4.79. The molecule has 3 heteroatoms. The van der Waals surface area contributed by atoms with Crippen LogP contribution in [0, 0.1) is 0 Å². The first-order chi connectivity index (χ1) is 4.79. The quantitative estimate of drug-likeness (QED) is 0.515. The predicted molar refractivity (Wildman–Crippen MR) is 34.0 cm³/mol. The summed E-state index contributed by atoms with van der Waals surface area (Å²) in [7, 11) is 0. The van der Waals surface area contributed by atoms with Gasteiger partial charge in [-0.15, -0.1) is 0 Å². The minimum absolute atomic E-state index is 0.146. The van der Waals surface area contributed by atoms with Gasteiger partial charge in [0.05, 0.1) is 6.10 Å². The third kappa shape index (κ3) is 1.05. The second-order valence-corrected chi connectivity index (χ2v) is 3.20. The lowest BCUT2D eigenvalue weighted by atomic mass is 10.1. The lowest BCUT2D eigenvalue weighted by Gasteiger charge is -2.16. The maximum Gasteiger partial charge on any atom is 0.201 e. The van der Waals surface area contributed by atoms with Crippen molar-refractivity contribution >= 4 is 0 Å². The van der Waals surface area contributed by atoms with Crippen molar-refractivity contribution in [1.29, 1.82) is 0 Å². The minimum Gasteiger partial charge on any atom is -0.363 e. The molecule has 1 aliphatic carbocycles. The molecule has 2 bridgehead atoms. The summed E-state index contributed by atoms with van der Waals surface area (Å²) in [5, 5.41) is 9.55. The Balaban J connectivity index is 2.09. The molecule has 2 atom stereocenters. The molecule has 1 N–H and O–H groups in total. The molecule has 10 heavy (non-hydrogen) atoms. The van der Waals surface area contributed by atoms with Crippen LogP contribution in [0.15, 0.2) is 0 Å². The van der Waals surface area contributed by atoms with Crippen LogP contribution < -0.4 is 0 Å². The normalized spacial score (nSPS) is 47.1. The largest absolute Gasteiger partial charge is 0.363 e. The van der Waals surface area contributed by atoms with Gasteiger partial charge in [0.15, 0.2) is 0 Å². The van der Waals surface area contributed by atoms with Gasteiger partial charge in [0.1, 0.15) is 0 Å². The molecule has 0 amide bonds. The smallest absolute Gasteiger partial charge is 0.201 e. The van der Waals surface area contributed by atoms with Gasteiger partial charge in [0, 0.05) is 12.8 Å². The maximum atomic E-state index is 9.55. The molecule has 2 aliphatic rings. The third-order valence-corrected chi connectivity index (χ3v) is 2.23. The van der Waals surface area contributed by atoms with Crippen LogP contribution in [0.1, 0.15) is 32.1 Å². The summed E-state index contributed by atoms with van der Waals surface area (Å²) in [6.07, 6.45) is 4.76. The van der Waals surface area contributed by atoms with Crippen molar-refractivity contribution in [1.82, 2.24) is 0 Å². The Labute approximate surface area is 59.9 Å². The molecule has 2 rings (SSSR count). The predicted octanol–water partition coefficient (Wildman–Crippen LogP) is 0.970. The highest BCUT2D eigenvalue weighted by atomic mass is 17.2. The average Bonchev–Trinajstić information content (AvgIpc) is 2.11. The average molecular weight is 144 g/mol. The summed E-state index contributed by atoms with van der Waals surface area (Å²) in [5.41, 5.74) is 0. The minimum atomic E-state index is -0.943. The summed E-state index contributed by atoms with van der Waals surface area (Å²) < 4.78 is 0. The Morgan fingerprint density at radius 2 is 2.30 bits per heavy atom. The number of hydrogen-bond acceptors (Lipinski definition) is 3. The van der Waals surface area contributed by atoms with Crippen LogP contribution in [0.2, 0.25) is 0 Å². The van der Waals surface area contributed by atoms with Gasteiger partial charge in [-0.25, -0.2) is 9.78 Å². The Morgan fingerprint density at radius 3 is 3.20 bits per heavy atom. The van der Waals surface area contributed by atoms with Crippen molar-refractivity contribution in [2.45, 2.75) is 44.0 Å². The fourth-order valence-electron chi connectivity index (χ4n) is 1.65. The number of rotatable bonds is 0. The molecule has 2 fully saturated rings. The van der Waals surface area contributed by atoms with Gasteiger partial charge < -0.3 is 5.11 Å². The molecule has 0 radical (unpaired) electrons. The summed E-state index contributed by atoms with van der Waals surface area (Å²) in [5.74, 6) is -0.943. The van der Waals surface area contributed by atoms with Crippen molar-refractivity contribution in [3.05, 3.63) is 0 Å². The van der Waals surface area contributed by atoms with E-state index in [-0.39, 0.29) is 6.10 Å². The maximum absolute atomic E-state index is 9.55. The van der Waals surface area contributed by atoms with Crippen molar-refractivity contribution in [3.8, 4) is 0 Å². The first kappa shape index (κ1) is 6.58. The van der Waals surface area contributed by atoms with E-state index in [0.717, 1.165) is 25.7 Å². The molecule has 1 aliphatic heterocycles. The van der Waals surface area contributed by atoms with Crippen molar-refractivity contribution in [3.63, 3.8) is 0 Å². The van der Waals surface area contributed by atoms with E-state index in [1.807, 2.05) is 0 Å². The zero-order chi connectivity index (χ0) is 7.03. The van der Waals surface area contributed by atoms with Crippen molar-refractivity contribution < 1.29 is 14.9 Å². The fourth-order valence-corrected chi connectivity index (χ4v) is 1.65. The molecule has 1 saturated carbocycles. The molecule has 0 spiro atoms. The fraction of sp³-hybridized carbons (Fsp3) is 1.00. The van der Waals surface area contributed by atoms with E-state index in [0.29, 0.717) is 6.42 Å². The van der Waals surface area contributed by atoms with Gasteiger partial charge in [-0.2, -0.15) is 0 Å². The van der Waals surface area contributed by atoms with E-state index in [9.17, 15) is 5.11 Å². The van der Waals surface area contributed by atoms with Crippen LogP contribution >= 0.6 is 0 Å². The molecular weight excluding hydrogens is 132 g/mol. The molecule has 0 aromatic carbocycles. The Kier molecular flexibility index (Phi) is 1.44. The summed E-state index contributed by atoms with van der Waals surface area (Å²) >= 11 is 0. The van der Waals surface area contributed by atoms with Gasteiger partial charge >= 0.3 is 0 Å². The SMILES string of the molecule is OC12CCCCC(C1)OO2. The van der Waals surface area contributed by atoms with E-state index in [2.05, 4.69) is 0 Å². The van der Waals surface area contributed by atoms with Gasteiger partial charge in [-0.05, 0) is 12.8 Å². The van der Waals surface area contributed by atoms with Crippen molar-refractivity contribution in [2.24, 2.45) is 0 Å². The van der Waals surface area contributed by atoms with E-state index >= 15 is 0 Å². The molecule has 1 saturated heterocycles. The van der Waals surface area contributed by atoms with Crippen LogP contribution in [0.3, 0.4) is 0 Å². The second kappa shape index (κ2) is 2.19. The standard InChI is InChI=1S/C7H12O3/c8-7-4-2-1-3-6(5-7)9-10-7/h6,8H,1-5H2. The zero-order valence-corrected chi connectivity index (χ0v) is 5.88. The first-order valence-corrected chi connectivity index (χ1v) is 3.85. The van der Waals surface area contributed by atoms with Crippen LogP contribution in [-0.2, 0) is 9.78 Å². The molecule has 0 aromatic rings. The second-order valence-electron chi connectivity index (χ2n) is 3.20. The monoisotopic (exact) mass is 144 g/mol. The first-order valence-electron chi connectivity index (χ1n) is 3.85. The van der Waals surface area contributed by atoms with Crippen LogP contribution in [-0.4, -0.2) is 17.0 Å². The Morgan fingerprint density at radius 1 is 1.40 bits per heavy atom. The molecular formula is C7H12O3. The van der Waals surface area contributed by atoms with Gasteiger partial charge in [-0.3, -0.25) is 0 Å². The van der Waals surface area contributed by atoms with E-state index < -0.39 is 5.79 Å². The number of hydrogen-bond donors (Lipinski definition) is 1. The summed E-state index contributed by atoms with van der Waals surface area (Å²) in [6.45, 7) is 0. The van der Waals surface area contributed by atoms with E-state index in [4.69, 9.17) is 9.78 Å². The third-order valence-electron chi connectivity index (χ3n) is 2.23. The Bertz CT molecular complexity index is 135. The highest BCUT2D eigenvalue weighted by Gasteiger charge is 2.41. The number of fused-ring (bicyclic) bond motifs is 2. The van der Waals surface area contributed by atoms with Crippen LogP contribution in [0.4, 0.5) is 0 Å². The molecule has 2 unspecified atom stereocenters. The summed E-state index contributed by atoms with van der Waals surface area (Å²) in [4.78, 5) is 9.71. The van der Waals surface area contributed by atoms with Gasteiger partial charge in [0.25, 0.3) is 0 Å². The molecule has 3 nitrogen and oxygen atoms in total. The molecule has 58 valence electrons. The van der Waals surface area contributed by atoms with Gasteiger partial charge in [-0.1, -0.05) is 6.42 Å². The zero-order valence-electron chi connectivity index (χ0n) is 5.88. The number of aliphatic hydroxyl groups is 1. The Hall–Kier alpha value is -0.120. The van der Waals surface area contributed by atoms with E-state index in [1.165, 1.54) is 0 Å². The topological polar surface area (TPSA) is 38.7 Å². The van der Waals surface area contributed by atoms with Crippen LogP contribution in [0.25, 0.3) is 0 Å². The highest BCUT2D eigenvalue weighted by Crippen LogP contribution is 2.35. The molecule has 0 aromatic heterocycles. The lowest BCUT2D eigenvalue weighted by molar-refractivity contribution is -0.382. The lowest BCUT2D eigenvalue weighted by Crippen LogP contribution is -2.26. The van der Waals surface area contributed by atoms with E-state index in [1.54, 1.807) is 0 Å². The molecule has 1 heterocycles. The van der Waals surface area contributed by atoms with Gasteiger partial charge in [0.2, 0.25) is 5.79 Å². The van der Waals surface area contributed by atoms with Crippen molar-refractivity contribution in [2.75, 3.05) is 0 Å². The summed E-state index contributed by atoms with van der Waals surface area (Å²) in [6, 6.07) is 0. The van der Waals surface area contributed by atoms with Crippen LogP contribution in [0.5, 0.6) is 0 Å².